The van der Waals surface area contributed by atoms with E-state index in [9.17, 15) is 0 Å². The van der Waals surface area contributed by atoms with Gasteiger partial charge >= 0.3 is 0 Å². The van der Waals surface area contributed by atoms with E-state index in [0.717, 1.165) is 37.2 Å². The third kappa shape index (κ3) is 6.84. The summed E-state index contributed by atoms with van der Waals surface area (Å²) in [6.45, 7) is 9.83. The van der Waals surface area contributed by atoms with Crippen LogP contribution in [0.3, 0.4) is 0 Å². The van der Waals surface area contributed by atoms with Crippen LogP contribution >= 0.6 is 0 Å². The number of hydrogen-bond acceptors (Lipinski definition) is 2. The van der Waals surface area contributed by atoms with Crippen molar-refractivity contribution in [2.75, 3.05) is 19.7 Å². The third-order valence-corrected chi connectivity index (χ3v) is 5.46. The number of aryl methyl sites for hydroxylation is 2. The number of unbranched alkanes of at least 4 members (excludes halogenated alkanes) is 2. The zero-order valence-electron chi connectivity index (χ0n) is 16.1. The molecule has 1 N–H and O–H groups in total. The third-order valence-electron chi connectivity index (χ3n) is 5.46. The summed E-state index contributed by atoms with van der Waals surface area (Å²) in [6.07, 6.45) is 10.8. The first-order valence-electron chi connectivity index (χ1n) is 10.1. The van der Waals surface area contributed by atoms with Gasteiger partial charge in [-0.2, -0.15) is 0 Å². The molecule has 0 aromatic heterocycles. The summed E-state index contributed by atoms with van der Waals surface area (Å²) in [6, 6.07) is 6.44. The van der Waals surface area contributed by atoms with Gasteiger partial charge in [-0.3, -0.25) is 0 Å². The normalized spacial score (nSPS) is 16.5. The topological polar surface area (TPSA) is 21.3 Å². The molecule has 1 aromatic carbocycles. The van der Waals surface area contributed by atoms with Crippen molar-refractivity contribution in [3.8, 4) is 5.75 Å². The number of rotatable bonds is 11. The Morgan fingerprint density at radius 1 is 1.04 bits per heavy atom. The van der Waals surface area contributed by atoms with Crippen LogP contribution in [0.2, 0.25) is 0 Å². The van der Waals surface area contributed by atoms with E-state index in [2.05, 4.69) is 44.3 Å². The second-order valence-electron chi connectivity index (χ2n) is 7.65. The lowest BCUT2D eigenvalue weighted by Gasteiger charge is -2.22. The predicted molar refractivity (Wildman–Crippen MR) is 104 cm³/mol. The van der Waals surface area contributed by atoms with Crippen molar-refractivity contribution in [1.82, 2.24) is 5.32 Å². The van der Waals surface area contributed by atoms with Crippen molar-refractivity contribution in [1.29, 1.82) is 0 Å². The van der Waals surface area contributed by atoms with Gasteiger partial charge < -0.3 is 10.1 Å². The average Bonchev–Trinajstić information content (AvgIpc) is 3.07. The fourth-order valence-electron chi connectivity index (χ4n) is 4.10. The Kier molecular flexibility index (Phi) is 8.66. The maximum Gasteiger partial charge on any atom is 0.119 e. The van der Waals surface area contributed by atoms with Crippen LogP contribution in [0, 0.1) is 25.7 Å². The highest BCUT2D eigenvalue weighted by Gasteiger charge is 2.22. The summed E-state index contributed by atoms with van der Waals surface area (Å²) in [5.41, 5.74) is 2.56. The highest BCUT2D eigenvalue weighted by Crippen LogP contribution is 2.32. The number of hydrogen-bond donors (Lipinski definition) is 1. The first kappa shape index (κ1) is 19.3. The Hall–Kier alpha value is -1.02. The zero-order chi connectivity index (χ0) is 17.2. The Balaban J connectivity index is 1.49. The smallest absolute Gasteiger partial charge is 0.119 e. The molecule has 0 heterocycles. The van der Waals surface area contributed by atoms with Gasteiger partial charge in [-0.1, -0.05) is 45.1 Å². The molecule has 0 spiro atoms. The van der Waals surface area contributed by atoms with E-state index in [-0.39, 0.29) is 0 Å². The average molecular weight is 332 g/mol. The summed E-state index contributed by atoms with van der Waals surface area (Å²) in [5.74, 6) is 2.92. The minimum Gasteiger partial charge on any atom is -0.494 e. The molecule has 1 unspecified atom stereocenters. The van der Waals surface area contributed by atoms with Gasteiger partial charge in [-0.05, 0) is 81.3 Å². The quantitative estimate of drug-likeness (QED) is 0.528. The molecule has 1 atom stereocenters. The van der Waals surface area contributed by atoms with Crippen LogP contribution in [0.5, 0.6) is 5.75 Å². The lowest BCUT2D eigenvalue weighted by molar-refractivity contribution is 0.299. The minimum atomic E-state index is 0.836. The highest BCUT2D eigenvalue weighted by atomic mass is 16.5. The van der Waals surface area contributed by atoms with Crippen molar-refractivity contribution in [2.45, 2.75) is 72.1 Å². The minimum absolute atomic E-state index is 0.836. The number of nitrogens with one attached hydrogen (secondary N) is 1. The van der Waals surface area contributed by atoms with Gasteiger partial charge in [-0.15, -0.1) is 0 Å². The van der Waals surface area contributed by atoms with E-state index in [1.807, 2.05) is 0 Å². The van der Waals surface area contributed by atoms with Crippen LogP contribution in [0.15, 0.2) is 18.2 Å². The molecule has 2 rings (SSSR count). The van der Waals surface area contributed by atoms with Gasteiger partial charge in [0, 0.05) is 0 Å². The standard InChI is InChI=1S/C22H37NO/c1-4-20(21-10-6-7-11-21)17-23-12-8-5-9-13-24-22-15-18(2)14-19(3)16-22/h14-16,20-21,23H,4-13,17H2,1-3H3. The van der Waals surface area contributed by atoms with Crippen LogP contribution in [-0.2, 0) is 0 Å². The maximum absolute atomic E-state index is 5.88. The van der Waals surface area contributed by atoms with E-state index in [1.54, 1.807) is 0 Å². The van der Waals surface area contributed by atoms with Crippen LogP contribution in [0.1, 0.15) is 69.4 Å². The molecule has 136 valence electrons. The Morgan fingerprint density at radius 2 is 1.75 bits per heavy atom. The summed E-state index contributed by atoms with van der Waals surface area (Å²) in [4.78, 5) is 0. The summed E-state index contributed by atoms with van der Waals surface area (Å²) in [5, 5.41) is 3.70. The second-order valence-corrected chi connectivity index (χ2v) is 7.65. The lowest BCUT2D eigenvalue weighted by Crippen LogP contribution is -2.27. The van der Waals surface area contributed by atoms with Gasteiger partial charge in [0.05, 0.1) is 6.61 Å². The van der Waals surface area contributed by atoms with E-state index in [0.29, 0.717) is 0 Å². The van der Waals surface area contributed by atoms with E-state index in [4.69, 9.17) is 4.74 Å². The fourth-order valence-corrected chi connectivity index (χ4v) is 4.10. The first-order valence-corrected chi connectivity index (χ1v) is 10.1. The monoisotopic (exact) mass is 331 g/mol. The SMILES string of the molecule is CCC(CNCCCCCOc1cc(C)cc(C)c1)C1CCCC1. The van der Waals surface area contributed by atoms with Crippen LogP contribution in [-0.4, -0.2) is 19.7 Å². The van der Waals surface area contributed by atoms with E-state index < -0.39 is 0 Å². The molecule has 0 saturated heterocycles. The number of benzene rings is 1. The van der Waals surface area contributed by atoms with Gasteiger partial charge in [0.2, 0.25) is 0 Å². The molecule has 0 aliphatic heterocycles. The van der Waals surface area contributed by atoms with Crippen molar-refractivity contribution in [3.05, 3.63) is 29.3 Å². The predicted octanol–water partition coefficient (Wildman–Crippen LogP) is 5.66. The summed E-state index contributed by atoms with van der Waals surface area (Å²) < 4.78 is 5.88. The highest BCUT2D eigenvalue weighted by molar-refractivity contribution is 5.32. The van der Waals surface area contributed by atoms with Crippen LogP contribution in [0.25, 0.3) is 0 Å². The Bertz CT molecular complexity index is 445. The molecule has 1 aliphatic carbocycles. The van der Waals surface area contributed by atoms with Crippen molar-refractivity contribution < 1.29 is 4.74 Å². The lowest BCUT2D eigenvalue weighted by atomic mass is 9.88. The Morgan fingerprint density at radius 3 is 2.42 bits per heavy atom. The molecular weight excluding hydrogens is 294 g/mol. The molecule has 2 nitrogen and oxygen atoms in total. The molecule has 0 radical (unpaired) electrons. The van der Waals surface area contributed by atoms with Gasteiger partial charge in [0.15, 0.2) is 0 Å². The molecular formula is C22H37NO. The van der Waals surface area contributed by atoms with E-state index in [1.165, 1.54) is 62.6 Å². The maximum atomic E-state index is 5.88. The first-order chi connectivity index (χ1) is 11.7. The second kappa shape index (κ2) is 10.8. The molecule has 0 amide bonds. The molecule has 1 saturated carbocycles. The van der Waals surface area contributed by atoms with E-state index >= 15 is 0 Å². The molecule has 24 heavy (non-hydrogen) atoms. The molecule has 1 aliphatic rings. The molecule has 1 aromatic rings. The van der Waals surface area contributed by atoms with Gasteiger partial charge in [-0.25, -0.2) is 0 Å². The summed E-state index contributed by atoms with van der Waals surface area (Å²) in [7, 11) is 0. The van der Waals surface area contributed by atoms with Crippen LogP contribution < -0.4 is 10.1 Å². The van der Waals surface area contributed by atoms with Crippen LogP contribution in [0.4, 0.5) is 0 Å². The Labute approximate surface area is 149 Å². The van der Waals surface area contributed by atoms with Gasteiger partial charge in [0.1, 0.15) is 5.75 Å². The molecule has 0 bridgehead atoms. The largest absolute Gasteiger partial charge is 0.494 e. The number of ether oxygens (including phenoxy) is 1. The van der Waals surface area contributed by atoms with Crippen molar-refractivity contribution in [3.63, 3.8) is 0 Å². The zero-order valence-corrected chi connectivity index (χ0v) is 16.1. The molecule has 2 heteroatoms. The van der Waals surface area contributed by atoms with Gasteiger partial charge in [0.25, 0.3) is 0 Å². The summed E-state index contributed by atoms with van der Waals surface area (Å²) >= 11 is 0. The fraction of sp³-hybridized carbons (Fsp3) is 0.727. The van der Waals surface area contributed by atoms with Crippen molar-refractivity contribution in [2.24, 2.45) is 11.8 Å². The molecule has 1 fully saturated rings. The van der Waals surface area contributed by atoms with Crippen molar-refractivity contribution >= 4 is 0 Å².